The minimum atomic E-state index is 0.215. The van der Waals surface area contributed by atoms with Gasteiger partial charge in [0.2, 0.25) is 0 Å². The van der Waals surface area contributed by atoms with Gasteiger partial charge in [-0.1, -0.05) is 0 Å². The molecule has 0 radical (unpaired) electrons. The van der Waals surface area contributed by atoms with E-state index in [0.29, 0.717) is 17.1 Å². The number of phenols is 1. The van der Waals surface area contributed by atoms with Gasteiger partial charge in [-0.25, -0.2) is 0 Å². The summed E-state index contributed by atoms with van der Waals surface area (Å²) in [6.45, 7) is 1.77. The minimum absolute atomic E-state index is 0.215. The molecule has 66 valence electrons. The van der Waals surface area contributed by atoms with E-state index in [4.69, 9.17) is 9.47 Å². The summed E-state index contributed by atoms with van der Waals surface area (Å²) in [4.78, 5) is 0. The van der Waals surface area contributed by atoms with Crippen molar-refractivity contribution in [1.82, 2.24) is 0 Å². The molecule has 0 aliphatic carbocycles. The quantitative estimate of drug-likeness (QED) is 0.730. The molecule has 1 N–H and O–H groups in total. The molecule has 1 rings (SSSR count). The van der Waals surface area contributed by atoms with Crippen molar-refractivity contribution in [3.63, 3.8) is 0 Å². The zero-order valence-electron chi connectivity index (χ0n) is 7.42. The smallest absolute Gasteiger partial charge is 0.167 e. The highest BCUT2D eigenvalue weighted by Crippen LogP contribution is 2.35. The SMILES string of the molecule is COc1ccc(O)c(C)c1OC. The maximum atomic E-state index is 9.32. The molecule has 1 aromatic carbocycles. The molecule has 12 heavy (non-hydrogen) atoms. The van der Waals surface area contributed by atoms with Crippen LogP contribution in [0.15, 0.2) is 12.1 Å². The summed E-state index contributed by atoms with van der Waals surface area (Å²) in [6, 6.07) is 3.25. The number of rotatable bonds is 2. The van der Waals surface area contributed by atoms with E-state index in [9.17, 15) is 5.11 Å². The molecule has 0 amide bonds. The van der Waals surface area contributed by atoms with Crippen LogP contribution < -0.4 is 9.47 Å². The second-order valence-electron chi connectivity index (χ2n) is 2.45. The Labute approximate surface area is 71.5 Å². The lowest BCUT2D eigenvalue weighted by Gasteiger charge is -2.10. The third kappa shape index (κ3) is 1.30. The van der Waals surface area contributed by atoms with Crippen molar-refractivity contribution in [2.45, 2.75) is 6.92 Å². The lowest BCUT2D eigenvalue weighted by atomic mass is 10.2. The van der Waals surface area contributed by atoms with E-state index in [1.165, 1.54) is 0 Å². The van der Waals surface area contributed by atoms with E-state index in [2.05, 4.69) is 0 Å². The molecule has 0 saturated heterocycles. The fraction of sp³-hybridized carbons (Fsp3) is 0.333. The summed E-state index contributed by atoms with van der Waals surface area (Å²) in [5.41, 5.74) is 0.692. The predicted molar refractivity (Wildman–Crippen MR) is 45.9 cm³/mol. The normalized spacial score (nSPS) is 9.58. The zero-order valence-corrected chi connectivity index (χ0v) is 7.42. The van der Waals surface area contributed by atoms with Gasteiger partial charge in [0.1, 0.15) is 5.75 Å². The van der Waals surface area contributed by atoms with E-state index in [-0.39, 0.29) is 5.75 Å². The number of phenolic OH excluding ortho intramolecular Hbond substituents is 1. The van der Waals surface area contributed by atoms with Gasteiger partial charge in [-0.05, 0) is 19.1 Å². The highest BCUT2D eigenvalue weighted by molar-refractivity contribution is 5.52. The Morgan fingerprint density at radius 1 is 1.17 bits per heavy atom. The van der Waals surface area contributed by atoms with Gasteiger partial charge < -0.3 is 14.6 Å². The Kier molecular flexibility index (Phi) is 2.43. The van der Waals surface area contributed by atoms with E-state index in [1.807, 2.05) is 0 Å². The molecule has 0 spiro atoms. The molecule has 0 atom stereocenters. The van der Waals surface area contributed by atoms with E-state index >= 15 is 0 Å². The van der Waals surface area contributed by atoms with Gasteiger partial charge in [-0.15, -0.1) is 0 Å². The topological polar surface area (TPSA) is 38.7 Å². The molecule has 0 unspecified atom stereocenters. The van der Waals surface area contributed by atoms with Gasteiger partial charge in [0.05, 0.1) is 14.2 Å². The fourth-order valence-electron chi connectivity index (χ4n) is 1.07. The third-order valence-corrected chi connectivity index (χ3v) is 1.77. The molecule has 0 aliphatic rings. The van der Waals surface area contributed by atoms with Gasteiger partial charge in [-0.2, -0.15) is 0 Å². The largest absolute Gasteiger partial charge is 0.508 e. The Hall–Kier alpha value is -1.38. The fourth-order valence-corrected chi connectivity index (χ4v) is 1.07. The first-order valence-electron chi connectivity index (χ1n) is 3.61. The van der Waals surface area contributed by atoms with Crippen LogP contribution >= 0.6 is 0 Å². The van der Waals surface area contributed by atoms with Gasteiger partial charge >= 0.3 is 0 Å². The van der Waals surface area contributed by atoms with Crippen molar-refractivity contribution < 1.29 is 14.6 Å². The molecule has 0 bridgehead atoms. The minimum Gasteiger partial charge on any atom is -0.508 e. The summed E-state index contributed by atoms with van der Waals surface area (Å²) in [5.74, 6) is 1.43. The molecule has 0 aliphatic heterocycles. The first-order valence-corrected chi connectivity index (χ1v) is 3.61. The van der Waals surface area contributed by atoms with Gasteiger partial charge in [-0.3, -0.25) is 0 Å². The third-order valence-electron chi connectivity index (χ3n) is 1.77. The first kappa shape index (κ1) is 8.71. The number of hydrogen-bond acceptors (Lipinski definition) is 3. The number of hydrogen-bond donors (Lipinski definition) is 1. The number of methoxy groups -OCH3 is 2. The molecule has 0 heterocycles. The molecule has 3 nitrogen and oxygen atoms in total. The Bertz CT molecular complexity index is 281. The molecular formula is C9H12O3. The van der Waals surface area contributed by atoms with E-state index in [1.54, 1.807) is 33.3 Å². The van der Waals surface area contributed by atoms with Crippen LogP contribution in [-0.4, -0.2) is 19.3 Å². The van der Waals surface area contributed by atoms with Crippen molar-refractivity contribution in [1.29, 1.82) is 0 Å². The lowest BCUT2D eigenvalue weighted by molar-refractivity contribution is 0.348. The van der Waals surface area contributed by atoms with Crippen LogP contribution in [-0.2, 0) is 0 Å². The van der Waals surface area contributed by atoms with Crippen LogP contribution in [0.1, 0.15) is 5.56 Å². The van der Waals surface area contributed by atoms with Crippen molar-refractivity contribution in [3.8, 4) is 17.2 Å². The van der Waals surface area contributed by atoms with Crippen LogP contribution in [0.4, 0.5) is 0 Å². The predicted octanol–water partition coefficient (Wildman–Crippen LogP) is 1.72. The Morgan fingerprint density at radius 2 is 1.83 bits per heavy atom. The number of benzene rings is 1. The second-order valence-corrected chi connectivity index (χ2v) is 2.45. The number of aromatic hydroxyl groups is 1. The molecule has 3 heteroatoms. The van der Waals surface area contributed by atoms with Gasteiger partial charge in [0.15, 0.2) is 11.5 Å². The van der Waals surface area contributed by atoms with Crippen molar-refractivity contribution in [3.05, 3.63) is 17.7 Å². The second kappa shape index (κ2) is 3.34. The average molecular weight is 168 g/mol. The number of ether oxygens (including phenoxy) is 2. The van der Waals surface area contributed by atoms with Gasteiger partial charge in [0, 0.05) is 5.56 Å². The molecule has 0 fully saturated rings. The zero-order chi connectivity index (χ0) is 9.14. The summed E-state index contributed by atoms with van der Waals surface area (Å²) in [5, 5.41) is 9.32. The van der Waals surface area contributed by atoms with Gasteiger partial charge in [0.25, 0.3) is 0 Å². The van der Waals surface area contributed by atoms with Crippen LogP contribution in [0.2, 0.25) is 0 Å². The molecular weight excluding hydrogens is 156 g/mol. The molecule has 0 saturated carbocycles. The summed E-state index contributed by atoms with van der Waals surface area (Å²) in [6.07, 6.45) is 0. The summed E-state index contributed by atoms with van der Waals surface area (Å²) >= 11 is 0. The van der Waals surface area contributed by atoms with Crippen LogP contribution in [0.25, 0.3) is 0 Å². The van der Waals surface area contributed by atoms with Crippen molar-refractivity contribution in [2.75, 3.05) is 14.2 Å². The summed E-state index contributed by atoms with van der Waals surface area (Å²) < 4.78 is 10.1. The van der Waals surface area contributed by atoms with E-state index < -0.39 is 0 Å². The van der Waals surface area contributed by atoms with E-state index in [0.717, 1.165) is 0 Å². The highest BCUT2D eigenvalue weighted by atomic mass is 16.5. The lowest BCUT2D eigenvalue weighted by Crippen LogP contribution is -1.92. The standard InChI is InChI=1S/C9H12O3/c1-6-7(10)4-5-8(11-2)9(6)12-3/h4-5,10H,1-3H3. The average Bonchev–Trinajstić information content (AvgIpc) is 2.09. The monoisotopic (exact) mass is 168 g/mol. The van der Waals surface area contributed by atoms with Crippen LogP contribution in [0.5, 0.6) is 17.2 Å². The maximum absolute atomic E-state index is 9.32. The summed E-state index contributed by atoms with van der Waals surface area (Å²) in [7, 11) is 3.11. The van der Waals surface area contributed by atoms with Crippen LogP contribution in [0.3, 0.4) is 0 Å². The van der Waals surface area contributed by atoms with Crippen molar-refractivity contribution in [2.24, 2.45) is 0 Å². The Balaban J connectivity index is 3.25. The first-order chi connectivity index (χ1) is 5.70. The maximum Gasteiger partial charge on any atom is 0.167 e. The molecule has 0 aromatic heterocycles. The molecule has 1 aromatic rings. The van der Waals surface area contributed by atoms with Crippen molar-refractivity contribution >= 4 is 0 Å². The Morgan fingerprint density at radius 3 is 2.33 bits per heavy atom. The van der Waals surface area contributed by atoms with Crippen LogP contribution in [0, 0.1) is 6.92 Å². The highest BCUT2D eigenvalue weighted by Gasteiger charge is 2.09.